The molecule has 0 amide bonds. The zero-order chi connectivity index (χ0) is 12.4. The van der Waals surface area contributed by atoms with Crippen molar-refractivity contribution in [1.29, 1.82) is 0 Å². The minimum Gasteiger partial charge on any atom is -0.377 e. The predicted octanol–water partition coefficient (Wildman–Crippen LogP) is 2.33. The van der Waals surface area contributed by atoms with Gasteiger partial charge in [0.05, 0.1) is 11.2 Å². The van der Waals surface area contributed by atoms with E-state index in [0.717, 1.165) is 17.8 Å². The first-order valence-electron chi connectivity index (χ1n) is 5.84. The first-order chi connectivity index (χ1) is 8.13. The predicted molar refractivity (Wildman–Crippen MR) is 73.6 cm³/mol. The summed E-state index contributed by atoms with van der Waals surface area (Å²) in [5.41, 5.74) is 4.63. The van der Waals surface area contributed by atoms with Crippen LogP contribution >= 0.6 is 0 Å². The third-order valence-corrected chi connectivity index (χ3v) is 2.91. The number of rotatable bonds is 3. The maximum Gasteiger partial charge on any atom is 0.0755 e. The summed E-state index contributed by atoms with van der Waals surface area (Å²) >= 11 is 0. The van der Waals surface area contributed by atoms with Gasteiger partial charge in [-0.1, -0.05) is 18.2 Å². The molecule has 0 unspecified atom stereocenters. The normalized spacial score (nSPS) is 10.8. The minimum absolute atomic E-state index is 0.797. The lowest BCUT2D eigenvalue weighted by Gasteiger charge is -2.17. The molecule has 0 fully saturated rings. The number of hydrogen-bond acceptors (Lipinski definition) is 3. The zero-order valence-electron chi connectivity index (χ0n) is 10.9. The lowest BCUT2D eigenvalue weighted by Crippen LogP contribution is -2.13. The molecule has 0 saturated carbocycles. The molecule has 90 valence electrons. The molecule has 0 atom stereocenters. The van der Waals surface area contributed by atoms with Crippen molar-refractivity contribution in [3.63, 3.8) is 0 Å². The largest absolute Gasteiger partial charge is 0.377 e. The van der Waals surface area contributed by atoms with Crippen LogP contribution in [0.2, 0.25) is 0 Å². The third kappa shape index (κ3) is 2.24. The molecule has 0 saturated heterocycles. The van der Waals surface area contributed by atoms with Gasteiger partial charge in [0.2, 0.25) is 0 Å². The molecular weight excluding hydrogens is 210 g/mol. The highest BCUT2D eigenvalue weighted by Crippen LogP contribution is 2.27. The average Bonchev–Trinajstić information content (AvgIpc) is 2.29. The number of nitrogens with one attached hydrogen (secondary N) is 1. The van der Waals surface area contributed by atoms with Gasteiger partial charge in [0.25, 0.3) is 0 Å². The molecule has 1 N–H and O–H groups in total. The highest BCUT2D eigenvalue weighted by atomic mass is 15.1. The van der Waals surface area contributed by atoms with E-state index in [1.54, 1.807) is 0 Å². The number of aryl methyl sites for hydroxylation is 1. The van der Waals surface area contributed by atoms with Gasteiger partial charge >= 0.3 is 0 Å². The Morgan fingerprint density at radius 3 is 2.71 bits per heavy atom. The SMILES string of the molecule is CNCc1cc(N(C)C)c2cccc(C)c2n1. The standard InChI is InChI=1S/C14H19N3/c1-10-6-5-7-12-13(17(3)4)8-11(9-15-2)16-14(10)12/h5-8,15H,9H2,1-4H3. The third-order valence-electron chi connectivity index (χ3n) is 2.91. The van der Waals surface area contributed by atoms with E-state index >= 15 is 0 Å². The summed E-state index contributed by atoms with van der Waals surface area (Å²) in [6.45, 7) is 2.91. The summed E-state index contributed by atoms with van der Waals surface area (Å²) < 4.78 is 0. The van der Waals surface area contributed by atoms with E-state index in [2.05, 4.69) is 55.5 Å². The van der Waals surface area contributed by atoms with Crippen LogP contribution in [0.25, 0.3) is 10.9 Å². The smallest absolute Gasteiger partial charge is 0.0755 e. The van der Waals surface area contributed by atoms with E-state index in [1.165, 1.54) is 16.6 Å². The Balaban J connectivity index is 2.72. The first-order valence-corrected chi connectivity index (χ1v) is 5.84. The Hall–Kier alpha value is -1.61. The van der Waals surface area contributed by atoms with E-state index in [1.807, 2.05) is 7.05 Å². The number of benzene rings is 1. The second kappa shape index (κ2) is 4.72. The summed E-state index contributed by atoms with van der Waals surface area (Å²) in [5.74, 6) is 0. The molecule has 0 aliphatic rings. The monoisotopic (exact) mass is 229 g/mol. The minimum atomic E-state index is 0.797. The molecule has 3 nitrogen and oxygen atoms in total. The molecule has 17 heavy (non-hydrogen) atoms. The van der Waals surface area contributed by atoms with Gasteiger partial charge in [-0.25, -0.2) is 0 Å². The number of nitrogens with zero attached hydrogens (tertiary/aromatic N) is 2. The van der Waals surface area contributed by atoms with Crippen molar-refractivity contribution in [2.45, 2.75) is 13.5 Å². The maximum atomic E-state index is 4.72. The van der Waals surface area contributed by atoms with Crippen LogP contribution in [-0.4, -0.2) is 26.1 Å². The number of anilines is 1. The Labute approximate surface area is 102 Å². The van der Waals surface area contributed by atoms with E-state index in [4.69, 9.17) is 4.98 Å². The molecule has 0 radical (unpaired) electrons. The molecule has 0 aliphatic carbocycles. The van der Waals surface area contributed by atoms with Crippen molar-refractivity contribution in [1.82, 2.24) is 10.3 Å². The van der Waals surface area contributed by atoms with Crippen molar-refractivity contribution in [3.05, 3.63) is 35.5 Å². The second-order valence-electron chi connectivity index (χ2n) is 4.53. The fourth-order valence-corrected chi connectivity index (χ4v) is 2.07. The summed E-state index contributed by atoms with van der Waals surface area (Å²) in [6, 6.07) is 8.48. The molecule has 2 rings (SSSR count). The van der Waals surface area contributed by atoms with Crippen LogP contribution in [0.15, 0.2) is 24.3 Å². The number of fused-ring (bicyclic) bond motifs is 1. The van der Waals surface area contributed by atoms with Crippen LogP contribution in [0.3, 0.4) is 0 Å². The molecule has 2 aromatic rings. The van der Waals surface area contributed by atoms with Crippen LogP contribution in [0, 0.1) is 6.92 Å². The molecule has 1 heterocycles. The van der Waals surface area contributed by atoms with Crippen molar-refractivity contribution >= 4 is 16.6 Å². The van der Waals surface area contributed by atoms with E-state index in [-0.39, 0.29) is 0 Å². The van der Waals surface area contributed by atoms with Crippen LogP contribution in [-0.2, 0) is 6.54 Å². The van der Waals surface area contributed by atoms with Gasteiger partial charge in [-0.3, -0.25) is 4.98 Å². The maximum absolute atomic E-state index is 4.72. The summed E-state index contributed by atoms with van der Waals surface area (Å²) in [4.78, 5) is 6.86. The molecule has 1 aromatic carbocycles. The molecule has 1 aromatic heterocycles. The summed E-state index contributed by atoms with van der Waals surface area (Å²) in [7, 11) is 6.08. The molecule has 0 aliphatic heterocycles. The number of aromatic nitrogens is 1. The van der Waals surface area contributed by atoms with Gasteiger partial charge in [-0.2, -0.15) is 0 Å². The fourth-order valence-electron chi connectivity index (χ4n) is 2.07. The van der Waals surface area contributed by atoms with Crippen LogP contribution in [0.5, 0.6) is 0 Å². The van der Waals surface area contributed by atoms with Gasteiger partial charge in [0.1, 0.15) is 0 Å². The number of para-hydroxylation sites is 1. The molecule has 3 heteroatoms. The van der Waals surface area contributed by atoms with Gasteiger partial charge in [0.15, 0.2) is 0 Å². The van der Waals surface area contributed by atoms with Crippen molar-refractivity contribution in [2.75, 3.05) is 26.0 Å². The lowest BCUT2D eigenvalue weighted by molar-refractivity contribution is 0.795. The fraction of sp³-hybridized carbons (Fsp3) is 0.357. The van der Waals surface area contributed by atoms with Gasteiger partial charge in [-0.05, 0) is 25.6 Å². The highest BCUT2D eigenvalue weighted by molar-refractivity contribution is 5.93. The second-order valence-corrected chi connectivity index (χ2v) is 4.53. The lowest BCUT2D eigenvalue weighted by atomic mass is 10.1. The van der Waals surface area contributed by atoms with E-state index < -0.39 is 0 Å². The summed E-state index contributed by atoms with van der Waals surface area (Å²) in [6.07, 6.45) is 0. The Morgan fingerprint density at radius 2 is 2.06 bits per heavy atom. The van der Waals surface area contributed by atoms with Crippen LogP contribution in [0.4, 0.5) is 5.69 Å². The quantitative estimate of drug-likeness (QED) is 0.875. The molecule has 0 spiro atoms. The Morgan fingerprint density at radius 1 is 1.29 bits per heavy atom. The van der Waals surface area contributed by atoms with Crippen LogP contribution < -0.4 is 10.2 Å². The molecular formula is C14H19N3. The van der Waals surface area contributed by atoms with Crippen molar-refractivity contribution < 1.29 is 0 Å². The van der Waals surface area contributed by atoms with Crippen LogP contribution in [0.1, 0.15) is 11.3 Å². The Kier molecular flexibility index (Phi) is 3.29. The molecule has 0 bridgehead atoms. The van der Waals surface area contributed by atoms with E-state index in [0.29, 0.717) is 0 Å². The Bertz CT molecular complexity index is 532. The van der Waals surface area contributed by atoms with E-state index in [9.17, 15) is 0 Å². The van der Waals surface area contributed by atoms with Gasteiger partial charge < -0.3 is 10.2 Å². The zero-order valence-corrected chi connectivity index (χ0v) is 10.9. The van der Waals surface area contributed by atoms with Crippen molar-refractivity contribution in [2.24, 2.45) is 0 Å². The summed E-state index contributed by atoms with van der Waals surface area (Å²) in [5, 5.41) is 4.37. The first kappa shape index (κ1) is 11.9. The average molecular weight is 229 g/mol. The van der Waals surface area contributed by atoms with Crippen molar-refractivity contribution in [3.8, 4) is 0 Å². The van der Waals surface area contributed by atoms with Gasteiger partial charge in [0, 0.05) is 31.7 Å². The highest BCUT2D eigenvalue weighted by Gasteiger charge is 2.08. The number of pyridine rings is 1. The number of hydrogen-bond donors (Lipinski definition) is 1. The topological polar surface area (TPSA) is 28.2 Å². The van der Waals surface area contributed by atoms with Gasteiger partial charge in [-0.15, -0.1) is 0 Å².